The van der Waals surface area contributed by atoms with Crippen LogP contribution in [-0.4, -0.2) is 43.3 Å². The Balaban J connectivity index is 0.00000338. The molecule has 0 radical (unpaired) electrons. The Labute approximate surface area is 175 Å². The van der Waals surface area contributed by atoms with E-state index in [1.807, 2.05) is 12.4 Å². The van der Waals surface area contributed by atoms with E-state index < -0.39 is 0 Å². The highest BCUT2D eigenvalue weighted by Crippen LogP contribution is 2.20. The van der Waals surface area contributed by atoms with E-state index >= 15 is 0 Å². The highest BCUT2D eigenvalue weighted by molar-refractivity contribution is 14.0. The van der Waals surface area contributed by atoms with Crippen LogP contribution in [0.15, 0.2) is 23.5 Å². The van der Waals surface area contributed by atoms with E-state index in [1.165, 1.54) is 43.2 Å². The second-order valence-electron chi connectivity index (χ2n) is 6.72. The SMILES string of the molecule is CCNC(=NCCCOC1CCCCC1)NCCc1ccncc1C.I. The van der Waals surface area contributed by atoms with Crippen molar-refractivity contribution in [2.24, 2.45) is 4.99 Å². The van der Waals surface area contributed by atoms with Gasteiger partial charge >= 0.3 is 0 Å². The van der Waals surface area contributed by atoms with Crippen LogP contribution in [0.25, 0.3) is 0 Å². The number of pyridine rings is 1. The van der Waals surface area contributed by atoms with E-state index in [9.17, 15) is 0 Å². The molecule has 0 aliphatic heterocycles. The van der Waals surface area contributed by atoms with E-state index in [4.69, 9.17) is 4.74 Å². The van der Waals surface area contributed by atoms with Gasteiger partial charge in [-0.2, -0.15) is 0 Å². The van der Waals surface area contributed by atoms with Crippen LogP contribution in [0.5, 0.6) is 0 Å². The molecule has 5 nitrogen and oxygen atoms in total. The first-order chi connectivity index (χ1) is 12.3. The zero-order chi connectivity index (χ0) is 17.7. The second-order valence-corrected chi connectivity index (χ2v) is 6.72. The zero-order valence-corrected chi connectivity index (χ0v) is 18.6. The molecular weight excluding hydrogens is 439 g/mol. The molecule has 0 aromatic carbocycles. The minimum atomic E-state index is 0. The van der Waals surface area contributed by atoms with Crippen molar-refractivity contribution >= 4 is 29.9 Å². The lowest BCUT2D eigenvalue weighted by Gasteiger charge is -2.21. The van der Waals surface area contributed by atoms with Crippen LogP contribution >= 0.6 is 24.0 Å². The Morgan fingerprint density at radius 2 is 2.08 bits per heavy atom. The molecule has 2 N–H and O–H groups in total. The van der Waals surface area contributed by atoms with Crippen molar-refractivity contribution < 1.29 is 4.74 Å². The van der Waals surface area contributed by atoms with Gasteiger partial charge in [0.05, 0.1) is 6.10 Å². The number of hydrogen-bond donors (Lipinski definition) is 2. The van der Waals surface area contributed by atoms with Gasteiger partial charge in [0.15, 0.2) is 5.96 Å². The smallest absolute Gasteiger partial charge is 0.191 e. The number of aliphatic imine (C=N–C) groups is 1. The fraction of sp³-hybridized carbons (Fsp3) is 0.700. The molecule has 148 valence electrons. The summed E-state index contributed by atoms with van der Waals surface area (Å²) in [6.07, 6.45) is 12.7. The molecule has 1 heterocycles. The molecule has 1 fully saturated rings. The maximum atomic E-state index is 5.96. The number of guanidine groups is 1. The molecule has 26 heavy (non-hydrogen) atoms. The fourth-order valence-corrected chi connectivity index (χ4v) is 3.18. The lowest BCUT2D eigenvalue weighted by molar-refractivity contribution is 0.0281. The summed E-state index contributed by atoms with van der Waals surface area (Å²) in [5.74, 6) is 0.895. The van der Waals surface area contributed by atoms with Gasteiger partial charge in [0.1, 0.15) is 0 Å². The third-order valence-electron chi connectivity index (χ3n) is 4.65. The molecule has 0 saturated heterocycles. The number of ether oxygens (including phenoxy) is 1. The summed E-state index contributed by atoms with van der Waals surface area (Å²) in [5, 5.41) is 6.72. The minimum Gasteiger partial charge on any atom is -0.378 e. The summed E-state index contributed by atoms with van der Waals surface area (Å²) in [5.41, 5.74) is 2.57. The number of nitrogens with one attached hydrogen (secondary N) is 2. The van der Waals surface area contributed by atoms with Gasteiger partial charge < -0.3 is 15.4 Å². The molecule has 0 spiro atoms. The molecule has 1 aliphatic carbocycles. The number of halogens is 1. The van der Waals surface area contributed by atoms with Crippen LogP contribution in [0, 0.1) is 6.92 Å². The molecular formula is C20H35IN4O. The Hall–Kier alpha value is -0.890. The predicted molar refractivity (Wildman–Crippen MR) is 120 cm³/mol. The van der Waals surface area contributed by atoms with Gasteiger partial charge in [0.25, 0.3) is 0 Å². The number of nitrogens with zero attached hydrogens (tertiary/aromatic N) is 2. The summed E-state index contributed by atoms with van der Waals surface area (Å²) in [6, 6.07) is 2.09. The number of aromatic nitrogens is 1. The molecule has 1 aromatic rings. The number of hydrogen-bond acceptors (Lipinski definition) is 3. The summed E-state index contributed by atoms with van der Waals surface area (Å²) in [4.78, 5) is 8.79. The fourth-order valence-electron chi connectivity index (χ4n) is 3.18. The van der Waals surface area contributed by atoms with Gasteiger partial charge in [-0.3, -0.25) is 9.98 Å². The zero-order valence-electron chi connectivity index (χ0n) is 16.3. The molecule has 6 heteroatoms. The monoisotopic (exact) mass is 474 g/mol. The first kappa shape index (κ1) is 23.1. The maximum absolute atomic E-state index is 5.96. The highest BCUT2D eigenvalue weighted by Gasteiger charge is 2.12. The Kier molecular flexibility index (Phi) is 12.6. The number of aryl methyl sites for hydroxylation is 1. The van der Waals surface area contributed by atoms with Crippen LogP contribution in [0.2, 0.25) is 0 Å². The van der Waals surface area contributed by atoms with Crippen molar-refractivity contribution in [3.63, 3.8) is 0 Å². The number of rotatable bonds is 9. The molecule has 1 saturated carbocycles. The summed E-state index contributed by atoms with van der Waals surface area (Å²) in [7, 11) is 0. The second kappa shape index (κ2) is 14.2. The first-order valence-electron chi connectivity index (χ1n) is 9.83. The summed E-state index contributed by atoms with van der Waals surface area (Å²) < 4.78 is 5.96. The van der Waals surface area contributed by atoms with Crippen LogP contribution in [0.3, 0.4) is 0 Å². The van der Waals surface area contributed by atoms with Gasteiger partial charge in [-0.25, -0.2) is 0 Å². The lowest BCUT2D eigenvalue weighted by atomic mass is 9.98. The quantitative estimate of drug-likeness (QED) is 0.247. The topological polar surface area (TPSA) is 58.5 Å². The Morgan fingerprint density at radius 3 is 2.81 bits per heavy atom. The normalized spacial score (nSPS) is 15.4. The van der Waals surface area contributed by atoms with Gasteiger partial charge in [0.2, 0.25) is 0 Å². The average Bonchev–Trinajstić information content (AvgIpc) is 2.64. The largest absolute Gasteiger partial charge is 0.378 e. The Morgan fingerprint density at radius 1 is 1.27 bits per heavy atom. The minimum absolute atomic E-state index is 0. The molecule has 0 unspecified atom stereocenters. The summed E-state index contributed by atoms with van der Waals surface area (Å²) >= 11 is 0. The van der Waals surface area contributed by atoms with Crippen molar-refractivity contribution in [3.05, 3.63) is 29.6 Å². The third-order valence-corrected chi connectivity index (χ3v) is 4.65. The highest BCUT2D eigenvalue weighted by atomic mass is 127. The Bertz CT molecular complexity index is 518. The lowest BCUT2D eigenvalue weighted by Crippen LogP contribution is -2.38. The van der Waals surface area contributed by atoms with Gasteiger partial charge in [0, 0.05) is 38.6 Å². The van der Waals surface area contributed by atoms with Crippen molar-refractivity contribution in [3.8, 4) is 0 Å². The van der Waals surface area contributed by atoms with Crippen molar-refractivity contribution in [2.75, 3.05) is 26.2 Å². The molecule has 1 aliphatic rings. The van der Waals surface area contributed by atoms with Gasteiger partial charge in [-0.15, -0.1) is 24.0 Å². The first-order valence-corrected chi connectivity index (χ1v) is 9.83. The van der Waals surface area contributed by atoms with Crippen molar-refractivity contribution in [1.82, 2.24) is 15.6 Å². The van der Waals surface area contributed by atoms with Crippen molar-refractivity contribution in [2.45, 2.75) is 64.9 Å². The van der Waals surface area contributed by atoms with Gasteiger partial charge in [-0.1, -0.05) is 19.3 Å². The maximum Gasteiger partial charge on any atom is 0.191 e. The molecule has 0 bridgehead atoms. The van der Waals surface area contributed by atoms with E-state index in [0.717, 1.165) is 45.0 Å². The van der Waals surface area contributed by atoms with Crippen LogP contribution in [-0.2, 0) is 11.2 Å². The predicted octanol–water partition coefficient (Wildman–Crippen LogP) is 3.85. The molecule has 2 rings (SSSR count). The third kappa shape index (κ3) is 9.16. The average molecular weight is 474 g/mol. The molecule has 0 atom stereocenters. The van der Waals surface area contributed by atoms with E-state index in [2.05, 4.69) is 40.5 Å². The van der Waals surface area contributed by atoms with Crippen LogP contribution in [0.1, 0.15) is 56.6 Å². The summed E-state index contributed by atoms with van der Waals surface area (Å²) in [6.45, 7) is 7.57. The molecule has 0 amide bonds. The van der Waals surface area contributed by atoms with Crippen molar-refractivity contribution in [1.29, 1.82) is 0 Å². The van der Waals surface area contributed by atoms with E-state index in [0.29, 0.717) is 6.10 Å². The van der Waals surface area contributed by atoms with E-state index in [-0.39, 0.29) is 24.0 Å². The van der Waals surface area contributed by atoms with Crippen LogP contribution < -0.4 is 10.6 Å². The molecule has 1 aromatic heterocycles. The standard InChI is InChI=1S/C20H34N4O.HI/c1-3-22-20(24-14-11-18-10-13-21-16-17(18)2)23-12-7-15-25-19-8-5-4-6-9-19;/h10,13,16,19H,3-9,11-12,14-15H2,1-2H3,(H2,22,23,24);1H. The van der Waals surface area contributed by atoms with Crippen LogP contribution in [0.4, 0.5) is 0 Å². The van der Waals surface area contributed by atoms with E-state index in [1.54, 1.807) is 0 Å². The van der Waals surface area contributed by atoms with Gasteiger partial charge in [-0.05, 0) is 56.7 Å².